The van der Waals surface area contributed by atoms with E-state index in [4.69, 9.17) is 4.74 Å². The number of benzene rings is 1. The van der Waals surface area contributed by atoms with E-state index < -0.39 is 11.7 Å². The van der Waals surface area contributed by atoms with Crippen LogP contribution in [0.4, 0.5) is 9.18 Å². The Morgan fingerprint density at radius 3 is 2.91 bits per heavy atom. The standard InChI is InChI=1S/C16H22BrFN2O2/c1-16(2,3)22-15(21)19-13-6-7-20(10-13)9-11-8-12(17)4-5-14(11)18/h4-5,8,13H,6-7,9-10H2,1-3H3,(H,19,21)/t13-/m1/s1. The number of nitrogens with one attached hydrogen (secondary N) is 1. The van der Waals surface area contributed by atoms with Crippen molar-refractivity contribution in [3.63, 3.8) is 0 Å². The summed E-state index contributed by atoms with van der Waals surface area (Å²) < 4.78 is 19.9. The highest BCUT2D eigenvalue weighted by molar-refractivity contribution is 9.10. The summed E-state index contributed by atoms with van der Waals surface area (Å²) >= 11 is 3.36. The van der Waals surface area contributed by atoms with Crippen LogP contribution in [-0.4, -0.2) is 35.7 Å². The highest BCUT2D eigenvalue weighted by Crippen LogP contribution is 2.20. The number of rotatable bonds is 3. The zero-order valence-electron chi connectivity index (χ0n) is 13.2. The van der Waals surface area contributed by atoms with Gasteiger partial charge in [-0.2, -0.15) is 0 Å². The Kier molecular flexibility index (Phi) is 5.45. The molecule has 1 amide bonds. The number of likely N-dealkylation sites (tertiary alicyclic amines) is 1. The van der Waals surface area contributed by atoms with Crippen LogP contribution in [0.1, 0.15) is 32.8 Å². The first-order valence-electron chi connectivity index (χ1n) is 7.39. The molecule has 0 unspecified atom stereocenters. The number of carbonyl (C=O) groups excluding carboxylic acids is 1. The predicted molar refractivity (Wildman–Crippen MR) is 87.2 cm³/mol. The topological polar surface area (TPSA) is 41.6 Å². The van der Waals surface area contributed by atoms with Crippen molar-refractivity contribution < 1.29 is 13.9 Å². The normalized spacial score (nSPS) is 19.2. The van der Waals surface area contributed by atoms with Crippen molar-refractivity contribution in [3.05, 3.63) is 34.1 Å². The summed E-state index contributed by atoms with van der Waals surface area (Å²) in [6, 6.07) is 5.00. The van der Waals surface area contributed by atoms with Crippen molar-refractivity contribution in [3.8, 4) is 0 Å². The maximum atomic E-state index is 13.8. The van der Waals surface area contributed by atoms with E-state index in [0.29, 0.717) is 18.7 Å². The molecule has 0 bridgehead atoms. The van der Waals surface area contributed by atoms with Crippen LogP contribution in [0, 0.1) is 5.82 Å². The van der Waals surface area contributed by atoms with Crippen LogP contribution in [0.15, 0.2) is 22.7 Å². The van der Waals surface area contributed by atoms with E-state index in [2.05, 4.69) is 26.1 Å². The van der Waals surface area contributed by atoms with E-state index in [1.54, 1.807) is 12.1 Å². The zero-order chi connectivity index (χ0) is 16.3. The van der Waals surface area contributed by atoms with Crippen LogP contribution in [-0.2, 0) is 11.3 Å². The second kappa shape index (κ2) is 6.96. The summed E-state index contributed by atoms with van der Waals surface area (Å²) in [5.41, 5.74) is 0.161. The molecule has 4 nitrogen and oxygen atoms in total. The van der Waals surface area contributed by atoms with Crippen molar-refractivity contribution >= 4 is 22.0 Å². The minimum absolute atomic E-state index is 0.0464. The van der Waals surface area contributed by atoms with Crippen LogP contribution in [0.3, 0.4) is 0 Å². The Morgan fingerprint density at radius 2 is 2.23 bits per heavy atom. The Balaban J connectivity index is 1.85. The van der Waals surface area contributed by atoms with Crippen LogP contribution >= 0.6 is 15.9 Å². The number of carbonyl (C=O) groups is 1. The van der Waals surface area contributed by atoms with Gasteiger partial charge in [0.05, 0.1) is 0 Å². The van der Waals surface area contributed by atoms with E-state index in [0.717, 1.165) is 17.4 Å². The van der Waals surface area contributed by atoms with Gasteiger partial charge < -0.3 is 10.1 Å². The van der Waals surface area contributed by atoms with Gasteiger partial charge in [-0.25, -0.2) is 9.18 Å². The average Bonchev–Trinajstić information content (AvgIpc) is 2.78. The lowest BCUT2D eigenvalue weighted by Crippen LogP contribution is -2.40. The van der Waals surface area contributed by atoms with E-state index >= 15 is 0 Å². The van der Waals surface area contributed by atoms with Gasteiger partial charge in [0.25, 0.3) is 0 Å². The molecular weight excluding hydrogens is 351 g/mol. The molecule has 6 heteroatoms. The van der Waals surface area contributed by atoms with E-state index in [1.807, 2.05) is 20.8 Å². The molecule has 1 atom stereocenters. The Hall–Kier alpha value is -1.14. The molecule has 1 aliphatic rings. The van der Waals surface area contributed by atoms with Crippen LogP contribution in [0.25, 0.3) is 0 Å². The third kappa shape index (κ3) is 5.25. The van der Waals surface area contributed by atoms with Crippen LogP contribution < -0.4 is 5.32 Å². The van der Waals surface area contributed by atoms with Gasteiger partial charge in [-0.1, -0.05) is 15.9 Å². The summed E-state index contributed by atoms with van der Waals surface area (Å²) in [6.45, 7) is 7.58. The number of amides is 1. The van der Waals surface area contributed by atoms with Crippen molar-refractivity contribution in [1.29, 1.82) is 0 Å². The molecule has 1 aliphatic heterocycles. The molecule has 1 aromatic carbocycles. The molecule has 122 valence electrons. The second-order valence-corrected chi connectivity index (χ2v) is 7.52. The average molecular weight is 373 g/mol. The van der Waals surface area contributed by atoms with Crippen molar-refractivity contribution in [1.82, 2.24) is 10.2 Å². The van der Waals surface area contributed by atoms with E-state index in [1.165, 1.54) is 6.07 Å². The largest absolute Gasteiger partial charge is 0.444 e. The monoisotopic (exact) mass is 372 g/mol. The number of halogens is 2. The first kappa shape index (κ1) is 17.2. The van der Waals surface area contributed by atoms with Gasteiger partial charge in [0, 0.05) is 35.7 Å². The lowest BCUT2D eigenvalue weighted by atomic mass is 10.2. The molecule has 1 saturated heterocycles. The number of alkyl carbamates (subject to hydrolysis) is 1. The number of nitrogens with zero attached hydrogens (tertiary/aromatic N) is 1. The van der Waals surface area contributed by atoms with Gasteiger partial charge in [-0.15, -0.1) is 0 Å². The zero-order valence-corrected chi connectivity index (χ0v) is 14.7. The summed E-state index contributed by atoms with van der Waals surface area (Å²) in [6.07, 6.45) is 0.447. The predicted octanol–water partition coefficient (Wildman–Crippen LogP) is 3.69. The summed E-state index contributed by atoms with van der Waals surface area (Å²) in [4.78, 5) is 13.9. The van der Waals surface area contributed by atoms with Gasteiger partial charge in [-0.3, -0.25) is 4.90 Å². The molecule has 0 spiro atoms. The summed E-state index contributed by atoms with van der Waals surface area (Å²) in [7, 11) is 0. The van der Waals surface area contributed by atoms with Crippen LogP contribution in [0.2, 0.25) is 0 Å². The van der Waals surface area contributed by atoms with E-state index in [-0.39, 0.29) is 11.9 Å². The molecule has 0 aliphatic carbocycles. The smallest absolute Gasteiger partial charge is 0.407 e. The van der Waals surface area contributed by atoms with Gasteiger partial charge in [0.15, 0.2) is 0 Å². The fraction of sp³-hybridized carbons (Fsp3) is 0.562. The highest BCUT2D eigenvalue weighted by Gasteiger charge is 2.26. The Morgan fingerprint density at radius 1 is 1.50 bits per heavy atom. The SMILES string of the molecule is CC(C)(C)OC(=O)N[C@@H]1CCN(Cc2cc(Br)ccc2F)C1. The summed E-state index contributed by atoms with van der Waals surface area (Å²) in [5, 5.41) is 2.87. The second-order valence-electron chi connectivity index (χ2n) is 6.60. The molecule has 2 rings (SSSR count). The van der Waals surface area contributed by atoms with Gasteiger partial charge >= 0.3 is 6.09 Å². The van der Waals surface area contributed by atoms with Gasteiger partial charge in [0.1, 0.15) is 11.4 Å². The number of hydrogen-bond donors (Lipinski definition) is 1. The minimum atomic E-state index is -0.498. The lowest BCUT2D eigenvalue weighted by Gasteiger charge is -2.22. The Bertz CT molecular complexity index is 545. The quantitative estimate of drug-likeness (QED) is 0.879. The lowest BCUT2D eigenvalue weighted by molar-refractivity contribution is 0.0505. The fourth-order valence-electron chi connectivity index (χ4n) is 2.47. The molecule has 1 heterocycles. The first-order valence-corrected chi connectivity index (χ1v) is 8.18. The minimum Gasteiger partial charge on any atom is -0.444 e. The summed E-state index contributed by atoms with van der Waals surface area (Å²) in [5.74, 6) is -0.202. The molecular formula is C16H22BrFN2O2. The van der Waals surface area contributed by atoms with Crippen LogP contribution in [0.5, 0.6) is 0 Å². The highest BCUT2D eigenvalue weighted by atomic mass is 79.9. The molecule has 22 heavy (non-hydrogen) atoms. The molecule has 0 saturated carbocycles. The third-order valence-electron chi connectivity index (χ3n) is 3.39. The third-order valence-corrected chi connectivity index (χ3v) is 3.89. The fourth-order valence-corrected chi connectivity index (χ4v) is 2.88. The van der Waals surface area contributed by atoms with Crippen molar-refractivity contribution in [2.45, 2.75) is 45.4 Å². The van der Waals surface area contributed by atoms with Crippen molar-refractivity contribution in [2.75, 3.05) is 13.1 Å². The molecule has 1 aromatic rings. The maximum Gasteiger partial charge on any atom is 0.407 e. The molecule has 0 radical (unpaired) electrons. The number of ether oxygens (including phenoxy) is 1. The first-order chi connectivity index (χ1) is 10.2. The van der Waals surface area contributed by atoms with Crippen molar-refractivity contribution in [2.24, 2.45) is 0 Å². The molecule has 1 N–H and O–H groups in total. The molecule has 0 aromatic heterocycles. The molecule has 1 fully saturated rings. The Labute approximate surface area is 139 Å². The van der Waals surface area contributed by atoms with Gasteiger partial charge in [0.2, 0.25) is 0 Å². The number of hydrogen-bond acceptors (Lipinski definition) is 3. The van der Waals surface area contributed by atoms with Gasteiger partial charge in [-0.05, 0) is 45.4 Å². The maximum absolute atomic E-state index is 13.8. The van der Waals surface area contributed by atoms with E-state index in [9.17, 15) is 9.18 Å².